The van der Waals surface area contributed by atoms with Gasteiger partial charge in [0.2, 0.25) is 0 Å². The van der Waals surface area contributed by atoms with Crippen molar-refractivity contribution in [2.45, 2.75) is 32.1 Å². The molecule has 0 spiro atoms. The highest BCUT2D eigenvalue weighted by Crippen LogP contribution is 2.56. The number of hydrogen-bond donors (Lipinski definition) is 3. The van der Waals surface area contributed by atoms with Crippen molar-refractivity contribution >= 4 is 17.8 Å². The molecule has 1 aromatic heterocycles. The second kappa shape index (κ2) is 6.07. The van der Waals surface area contributed by atoms with Gasteiger partial charge in [0.05, 0.1) is 0 Å². The maximum atomic E-state index is 12.2. The van der Waals surface area contributed by atoms with Gasteiger partial charge in [0.25, 0.3) is 5.91 Å². The molecule has 0 aromatic carbocycles. The summed E-state index contributed by atoms with van der Waals surface area (Å²) in [6.07, 6.45) is 6.84. The molecular weight excluding hydrogens is 304 g/mol. The molecule has 0 radical (unpaired) electrons. The molecule has 6 nitrogen and oxygen atoms in total. The third kappa shape index (κ3) is 2.97. The largest absolute Gasteiger partial charge is 0.364 e. The Bertz CT molecular complexity index is 632. The predicted octanol–water partition coefficient (Wildman–Crippen LogP) is 2.37. The van der Waals surface area contributed by atoms with Crippen molar-refractivity contribution < 1.29 is 9.59 Å². The van der Waals surface area contributed by atoms with E-state index in [0.29, 0.717) is 11.7 Å². The molecule has 3 amide bonds. The zero-order valence-electron chi connectivity index (χ0n) is 13.7. The van der Waals surface area contributed by atoms with Crippen LogP contribution in [-0.2, 0) is 0 Å². The fourth-order valence-electron chi connectivity index (χ4n) is 5.38. The highest BCUT2D eigenvalue weighted by Gasteiger charge is 2.47. The molecule has 4 fully saturated rings. The molecule has 4 N–H and O–H groups in total. The molecule has 0 unspecified atom stereocenters. The van der Waals surface area contributed by atoms with Crippen LogP contribution < -0.4 is 16.4 Å². The number of anilines is 1. The summed E-state index contributed by atoms with van der Waals surface area (Å²) in [5.41, 5.74) is 5.35. The lowest BCUT2D eigenvalue weighted by molar-refractivity contribution is -0.0342. The second-order valence-corrected chi connectivity index (χ2v) is 7.70. The van der Waals surface area contributed by atoms with Gasteiger partial charge in [0.1, 0.15) is 11.5 Å². The first-order valence-corrected chi connectivity index (χ1v) is 8.90. The average Bonchev–Trinajstić information content (AvgIpc) is 2.53. The van der Waals surface area contributed by atoms with Gasteiger partial charge in [-0.25, -0.2) is 9.78 Å². The maximum Gasteiger partial charge on any atom is 0.320 e. The quantitative estimate of drug-likeness (QED) is 0.791. The van der Waals surface area contributed by atoms with E-state index in [4.69, 9.17) is 5.73 Å². The van der Waals surface area contributed by atoms with Crippen molar-refractivity contribution in [1.29, 1.82) is 0 Å². The fraction of sp³-hybridized carbons (Fsp3) is 0.611. The van der Waals surface area contributed by atoms with E-state index in [1.807, 2.05) is 0 Å². The number of nitrogens with zero attached hydrogens (tertiary/aromatic N) is 1. The average molecular weight is 328 g/mol. The Hall–Kier alpha value is -2.11. The molecule has 4 aliphatic carbocycles. The van der Waals surface area contributed by atoms with Crippen molar-refractivity contribution in [2.24, 2.45) is 35.3 Å². The number of nitrogens with two attached hydrogens (primary N) is 1. The molecule has 6 heteroatoms. The molecule has 0 atom stereocenters. The van der Waals surface area contributed by atoms with E-state index < -0.39 is 5.91 Å². The highest BCUT2D eigenvalue weighted by atomic mass is 16.2. The maximum absolute atomic E-state index is 12.2. The van der Waals surface area contributed by atoms with E-state index in [0.717, 1.165) is 30.2 Å². The van der Waals surface area contributed by atoms with Crippen LogP contribution in [0.3, 0.4) is 0 Å². The van der Waals surface area contributed by atoms with Crippen molar-refractivity contribution in [3.05, 3.63) is 23.9 Å². The second-order valence-electron chi connectivity index (χ2n) is 7.70. The lowest BCUT2D eigenvalue weighted by Crippen LogP contribution is -2.49. The van der Waals surface area contributed by atoms with Gasteiger partial charge in [0.15, 0.2) is 0 Å². The van der Waals surface area contributed by atoms with Crippen LogP contribution >= 0.6 is 0 Å². The Morgan fingerprint density at radius 3 is 2.38 bits per heavy atom. The number of pyridine rings is 1. The normalized spacial score (nSPS) is 33.2. The molecule has 5 rings (SSSR count). The van der Waals surface area contributed by atoms with E-state index in [2.05, 4.69) is 15.6 Å². The standard InChI is InChI=1S/C18H24N4O2/c19-17(23)15-2-1-3-16(21-15)22-18(24)20-9-14-12-5-10-4-11(7-12)8-13(14)6-10/h1-3,10-14H,4-9H2,(H2,19,23)(H2,20,21,22,24). The van der Waals surface area contributed by atoms with Crippen LogP contribution in [0.2, 0.25) is 0 Å². The monoisotopic (exact) mass is 328 g/mol. The third-order valence-electron chi connectivity index (χ3n) is 6.16. The summed E-state index contributed by atoms with van der Waals surface area (Å²) in [6.45, 7) is 0.732. The van der Waals surface area contributed by atoms with E-state index in [1.165, 1.54) is 38.2 Å². The van der Waals surface area contributed by atoms with Crippen LogP contribution in [0.5, 0.6) is 0 Å². The summed E-state index contributed by atoms with van der Waals surface area (Å²) in [5.74, 6) is 3.82. The fourth-order valence-corrected chi connectivity index (χ4v) is 5.38. The minimum absolute atomic E-state index is 0.147. The van der Waals surface area contributed by atoms with E-state index >= 15 is 0 Å². The van der Waals surface area contributed by atoms with Gasteiger partial charge in [-0.3, -0.25) is 10.1 Å². The minimum atomic E-state index is -0.604. The predicted molar refractivity (Wildman–Crippen MR) is 90.3 cm³/mol. The Kier molecular flexibility index (Phi) is 3.90. The zero-order chi connectivity index (χ0) is 16.7. The number of primary amides is 1. The van der Waals surface area contributed by atoms with Crippen LogP contribution in [0, 0.1) is 29.6 Å². The molecule has 4 saturated carbocycles. The van der Waals surface area contributed by atoms with Gasteiger partial charge in [-0.2, -0.15) is 0 Å². The summed E-state index contributed by atoms with van der Waals surface area (Å²) < 4.78 is 0. The summed E-state index contributed by atoms with van der Waals surface area (Å²) in [7, 11) is 0. The summed E-state index contributed by atoms with van der Waals surface area (Å²) >= 11 is 0. The van der Waals surface area contributed by atoms with E-state index in [-0.39, 0.29) is 11.7 Å². The Labute approximate surface area is 141 Å². The van der Waals surface area contributed by atoms with Gasteiger partial charge in [0, 0.05) is 6.54 Å². The van der Waals surface area contributed by atoms with Gasteiger partial charge in [-0.05, 0) is 73.8 Å². The third-order valence-corrected chi connectivity index (χ3v) is 6.16. The van der Waals surface area contributed by atoms with Crippen LogP contribution in [0.15, 0.2) is 18.2 Å². The Morgan fingerprint density at radius 1 is 1.08 bits per heavy atom. The van der Waals surface area contributed by atoms with Crippen molar-refractivity contribution in [3.8, 4) is 0 Å². The summed E-state index contributed by atoms with van der Waals surface area (Å²) in [5, 5.41) is 5.69. The lowest BCUT2D eigenvalue weighted by Gasteiger charge is -2.54. The number of aromatic nitrogens is 1. The first-order chi connectivity index (χ1) is 11.6. The molecule has 1 aromatic rings. The van der Waals surface area contributed by atoms with Gasteiger partial charge >= 0.3 is 6.03 Å². The topological polar surface area (TPSA) is 97.1 Å². The highest BCUT2D eigenvalue weighted by molar-refractivity contribution is 5.92. The molecule has 0 saturated heterocycles. The van der Waals surface area contributed by atoms with Crippen LogP contribution in [0.25, 0.3) is 0 Å². The Morgan fingerprint density at radius 2 is 1.75 bits per heavy atom. The molecule has 1 heterocycles. The first-order valence-electron chi connectivity index (χ1n) is 8.90. The van der Waals surface area contributed by atoms with E-state index in [9.17, 15) is 9.59 Å². The number of carbonyl (C=O) groups is 2. The Balaban J connectivity index is 1.32. The van der Waals surface area contributed by atoms with Gasteiger partial charge < -0.3 is 11.1 Å². The molecule has 4 aliphatic rings. The van der Waals surface area contributed by atoms with Crippen molar-refractivity contribution in [2.75, 3.05) is 11.9 Å². The zero-order valence-corrected chi connectivity index (χ0v) is 13.7. The number of urea groups is 1. The molecular formula is C18H24N4O2. The molecule has 0 aliphatic heterocycles. The number of hydrogen-bond acceptors (Lipinski definition) is 3. The van der Waals surface area contributed by atoms with Crippen LogP contribution in [-0.4, -0.2) is 23.5 Å². The summed E-state index contributed by atoms with van der Waals surface area (Å²) in [4.78, 5) is 27.3. The van der Waals surface area contributed by atoms with E-state index in [1.54, 1.807) is 12.1 Å². The van der Waals surface area contributed by atoms with Crippen molar-refractivity contribution in [3.63, 3.8) is 0 Å². The SMILES string of the molecule is NC(=O)c1cccc(NC(=O)NCC2C3CC4CC(C3)CC2C4)n1. The molecule has 24 heavy (non-hydrogen) atoms. The van der Waals surface area contributed by atoms with Crippen LogP contribution in [0.1, 0.15) is 42.6 Å². The van der Waals surface area contributed by atoms with Gasteiger partial charge in [-0.1, -0.05) is 6.07 Å². The van der Waals surface area contributed by atoms with Crippen LogP contribution in [0.4, 0.5) is 10.6 Å². The number of nitrogens with one attached hydrogen (secondary N) is 2. The van der Waals surface area contributed by atoms with Gasteiger partial charge in [-0.15, -0.1) is 0 Å². The molecule has 4 bridgehead atoms. The number of amides is 3. The first kappa shape index (κ1) is 15.4. The molecule has 128 valence electrons. The van der Waals surface area contributed by atoms with Crippen molar-refractivity contribution in [1.82, 2.24) is 10.3 Å². The number of carbonyl (C=O) groups excluding carboxylic acids is 2. The number of rotatable bonds is 4. The lowest BCUT2D eigenvalue weighted by atomic mass is 9.52. The smallest absolute Gasteiger partial charge is 0.320 e. The summed E-state index contributed by atoms with van der Waals surface area (Å²) in [6, 6.07) is 4.56. The minimum Gasteiger partial charge on any atom is -0.364 e.